The van der Waals surface area contributed by atoms with Crippen molar-refractivity contribution in [3.8, 4) is 0 Å². The number of benzene rings is 1. The van der Waals surface area contributed by atoms with Crippen LogP contribution in [-0.2, 0) is 5.41 Å². The molecule has 2 aromatic rings. The first-order valence-electron chi connectivity index (χ1n) is 4.83. The van der Waals surface area contributed by atoms with E-state index in [1.165, 1.54) is 6.26 Å². The highest BCUT2D eigenvalue weighted by Crippen LogP contribution is 2.30. The smallest absolute Gasteiger partial charge is 0.138 e. The van der Waals surface area contributed by atoms with Crippen molar-refractivity contribution >= 4 is 11.0 Å². The Hall–Kier alpha value is -1.35. The zero-order chi connectivity index (χ0) is 11.1. The Morgan fingerprint density at radius 3 is 2.73 bits per heavy atom. The minimum absolute atomic E-state index is 0.0900. The van der Waals surface area contributed by atoms with E-state index in [1.807, 2.05) is 0 Å². The standard InChI is InChI=1S/C12H13FO2/c1-12(2,7-14)9-3-4-10-8(11(9)13)5-6-15-10/h3-6,14H,7H2,1-2H3. The van der Waals surface area contributed by atoms with Gasteiger partial charge in [-0.2, -0.15) is 0 Å². The third-order valence-electron chi connectivity index (χ3n) is 2.69. The van der Waals surface area contributed by atoms with Crippen molar-refractivity contribution in [1.82, 2.24) is 0 Å². The molecule has 0 aliphatic carbocycles. The molecule has 0 radical (unpaired) electrons. The van der Waals surface area contributed by atoms with Crippen molar-refractivity contribution in [2.75, 3.05) is 6.61 Å². The van der Waals surface area contributed by atoms with Crippen molar-refractivity contribution < 1.29 is 13.9 Å². The molecule has 3 heteroatoms. The molecule has 0 saturated heterocycles. The number of hydrogen-bond acceptors (Lipinski definition) is 2. The number of aliphatic hydroxyl groups is 1. The van der Waals surface area contributed by atoms with E-state index in [1.54, 1.807) is 32.0 Å². The molecular formula is C12H13FO2. The van der Waals surface area contributed by atoms with Crippen LogP contribution in [0.2, 0.25) is 0 Å². The first-order valence-corrected chi connectivity index (χ1v) is 4.83. The Bertz CT molecular complexity index is 485. The van der Waals surface area contributed by atoms with Crippen LogP contribution in [0.1, 0.15) is 19.4 Å². The lowest BCUT2D eigenvalue weighted by Crippen LogP contribution is -2.23. The van der Waals surface area contributed by atoms with Crippen LogP contribution >= 0.6 is 0 Å². The summed E-state index contributed by atoms with van der Waals surface area (Å²) in [5.74, 6) is -0.305. The lowest BCUT2D eigenvalue weighted by atomic mass is 9.84. The monoisotopic (exact) mass is 208 g/mol. The van der Waals surface area contributed by atoms with Crippen LogP contribution in [0.3, 0.4) is 0 Å². The fourth-order valence-electron chi connectivity index (χ4n) is 1.62. The Balaban J connectivity index is 2.67. The normalized spacial score (nSPS) is 12.3. The first-order chi connectivity index (χ1) is 7.06. The number of aliphatic hydroxyl groups excluding tert-OH is 1. The van der Waals surface area contributed by atoms with Crippen LogP contribution in [0, 0.1) is 5.82 Å². The van der Waals surface area contributed by atoms with Gasteiger partial charge in [0.2, 0.25) is 0 Å². The molecule has 80 valence electrons. The van der Waals surface area contributed by atoms with Gasteiger partial charge in [0.15, 0.2) is 0 Å². The molecule has 0 bridgehead atoms. The highest BCUT2D eigenvalue weighted by Gasteiger charge is 2.24. The molecule has 1 aromatic carbocycles. The minimum Gasteiger partial charge on any atom is -0.464 e. The molecule has 0 amide bonds. The van der Waals surface area contributed by atoms with Crippen molar-refractivity contribution in [3.05, 3.63) is 35.8 Å². The summed E-state index contributed by atoms with van der Waals surface area (Å²) in [7, 11) is 0. The van der Waals surface area contributed by atoms with Crippen LogP contribution in [0.25, 0.3) is 11.0 Å². The maximum absolute atomic E-state index is 14.0. The summed E-state index contributed by atoms with van der Waals surface area (Å²) < 4.78 is 19.1. The van der Waals surface area contributed by atoms with E-state index in [-0.39, 0.29) is 12.4 Å². The molecule has 2 rings (SSSR count). The maximum Gasteiger partial charge on any atom is 0.138 e. The van der Waals surface area contributed by atoms with Gasteiger partial charge in [-0.1, -0.05) is 19.9 Å². The van der Waals surface area contributed by atoms with Crippen LogP contribution in [0.5, 0.6) is 0 Å². The summed E-state index contributed by atoms with van der Waals surface area (Å²) in [5.41, 5.74) is 0.471. The van der Waals surface area contributed by atoms with Gasteiger partial charge in [0.25, 0.3) is 0 Å². The fourth-order valence-corrected chi connectivity index (χ4v) is 1.62. The second-order valence-corrected chi connectivity index (χ2v) is 4.30. The number of hydrogen-bond donors (Lipinski definition) is 1. The van der Waals surface area contributed by atoms with Gasteiger partial charge >= 0.3 is 0 Å². The van der Waals surface area contributed by atoms with Gasteiger partial charge in [-0.25, -0.2) is 4.39 Å². The number of fused-ring (bicyclic) bond motifs is 1. The summed E-state index contributed by atoms with van der Waals surface area (Å²) in [6, 6.07) is 4.99. The average Bonchev–Trinajstić information content (AvgIpc) is 2.66. The predicted molar refractivity (Wildman–Crippen MR) is 56.3 cm³/mol. The third-order valence-corrected chi connectivity index (χ3v) is 2.69. The SMILES string of the molecule is CC(C)(CO)c1ccc2occc2c1F. The average molecular weight is 208 g/mol. The topological polar surface area (TPSA) is 33.4 Å². The summed E-state index contributed by atoms with van der Waals surface area (Å²) in [5, 5.41) is 9.67. The molecule has 0 saturated carbocycles. The summed E-state index contributed by atoms with van der Waals surface area (Å²) in [6.45, 7) is 3.52. The predicted octanol–water partition coefficient (Wildman–Crippen LogP) is 2.84. The lowest BCUT2D eigenvalue weighted by Gasteiger charge is -2.22. The fraction of sp³-hybridized carbons (Fsp3) is 0.333. The molecule has 0 spiro atoms. The van der Waals surface area contributed by atoms with E-state index in [4.69, 9.17) is 4.42 Å². The zero-order valence-corrected chi connectivity index (χ0v) is 8.75. The summed E-state index contributed by atoms with van der Waals surface area (Å²) >= 11 is 0. The molecular weight excluding hydrogens is 195 g/mol. The Morgan fingerprint density at radius 2 is 2.07 bits per heavy atom. The van der Waals surface area contributed by atoms with Gasteiger partial charge in [0.05, 0.1) is 18.3 Å². The van der Waals surface area contributed by atoms with Crippen LogP contribution in [0.4, 0.5) is 4.39 Å². The van der Waals surface area contributed by atoms with Crippen LogP contribution in [0.15, 0.2) is 28.9 Å². The van der Waals surface area contributed by atoms with E-state index < -0.39 is 5.41 Å². The summed E-state index contributed by atoms with van der Waals surface area (Å²) in [4.78, 5) is 0. The second kappa shape index (κ2) is 3.35. The van der Waals surface area contributed by atoms with Crippen LogP contribution in [-0.4, -0.2) is 11.7 Å². The minimum atomic E-state index is -0.574. The molecule has 15 heavy (non-hydrogen) atoms. The number of rotatable bonds is 2. The van der Waals surface area contributed by atoms with E-state index in [0.717, 1.165) is 0 Å². The largest absolute Gasteiger partial charge is 0.464 e. The molecule has 1 N–H and O–H groups in total. The molecule has 0 aliphatic rings. The maximum atomic E-state index is 14.0. The van der Waals surface area contributed by atoms with E-state index in [0.29, 0.717) is 16.5 Å². The van der Waals surface area contributed by atoms with E-state index >= 15 is 0 Å². The second-order valence-electron chi connectivity index (χ2n) is 4.30. The quantitative estimate of drug-likeness (QED) is 0.823. The molecule has 0 unspecified atom stereocenters. The Labute approximate surface area is 87.3 Å². The van der Waals surface area contributed by atoms with Gasteiger partial charge in [0.1, 0.15) is 11.4 Å². The highest BCUT2D eigenvalue weighted by atomic mass is 19.1. The van der Waals surface area contributed by atoms with Gasteiger partial charge < -0.3 is 9.52 Å². The molecule has 1 heterocycles. The molecule has 0 fully saturated rings. The molecule has 0 aliphatic heterocycles. The first kappa shape index (κ1) is 10.2. The van der Waals surface area contributed by atoms with Crippen molar-refractivity contribution in [3.63, 3.8) is 0 Å². The Kier molecular flexibility index (Phi) is 2.27. The van der Waals surface area contributed by atoms with Crippen molar-refractivity contribution in [1.29, 1.82) is 0 Å². The molecule has 1 aromatic heterocycles. The van der Waals surface area contributed by atoms with Gasteiger partial charge in [-0.3, -0.25) is 0 Å². The lowest BCUT2D eigenvalue weighted by molar-refractivity contribution is 0.215. The van der Waals surface area contributed by atoms with E-state index in [9.17, 15) is 9.50 Å². The molecule has 2 nitrogen and oxygen atoms in total. The zero-order valence-electron chi connectivity index (χ0n) is 8.75. The summed E-state index contributed by atoms with van der Waals surface area (Å²) in [6.07, 6.45) is 1.46. The van der Waals surface area contributed by atoms with Gasteiger partial charge in [-0.05, 0) is 17.7 Å². The van der Waals surface area contributed by atoms with Gasteiger partial charge in [0, 0.05) is 5.41 Å². The highest BCUT2D eigenvalue weighted by molar-refractivity contribution is 5.79. The van der Waals surface area contributed by atoms with Crippen LogP contribution < -0.4 is 0 Å². The van der Waals surface area contributed by atoms with E-state index in [2.05, 4.69) is 0 Å². The van der Waals surface area contributed by atoms with Crippen molar-refractivity contribution in [2.24, 2.45) is 0 Å². The Morgan fingerprint density at radius 1 is 1.33 bits per heavy atom. The molecule has 0 atom stereocenters. The van der Waals surface area contributed by atoms with Crippen molar-refractivity contribution in [2.45, 2.75) is 19.3 Å². The number of halogens is 1. The third kappa shape index (κ3) is 1.53. The van der Waals surface area contributed by atoms with Gasteiger partial charge in [-0.15, -0.1) is 0 Å². The number of furan rings is 1.